The van der Waals surface area contributed by atoms with Crippen LogP contribution in [0.4, 0.5) is 0 Å². The molecule has 132 valence electrons. The Kier molecular flexibility index (Phi) is 10.7. The fourth-order valence-electron chi connectivity index (χ4n) is 1.87. The molecule has 0 aromatic rings. The van der Waals surface area contributed by atoms with Gasteiger partial charge in [-0.05, 0) is 47.0 Å². The van der Waals surface area contributed by atoms with E-state index in [1.807, 2.05) is 6.08 Å². The molecule has 0 unspecified atom stereocenters. The lowest BCUT2D eigenvalue weighted by atomic mass is 9.86. The molecule has 0 atom stereocenters. The third-order valence-electron chi connectivity index (χ3n) is 3.20. The van der Waals surface area contributed by atoms with Crippen molar-refractivity contribution in [2.45, 2.75) is 53.4 Å². The molecule has 0 aromatic heterocycles. The maximum absolute atomic E-state index is 12.0. The van der Waals surface area contributed by atoms with Crippen molar-refractivity contribution in [2.24, 2.45) is 5.41 Å². The van der Waals surface area contributed by atoms with Gasteiger partial charge in [-0.3, -0.25) is 14.4 Å². The molecule has 0 rings (SSSR count). The minimum Gasteiger partial charge on any atom is -0.466 e. The number of hydrogen-bond acceptors (Lipinski definition) is 6. The molecule has 0 N–H and O–H groups in total. The summed E-state index contributed by atoms with van der Waals surface area (Å²) in [5.41, 5.74) is -1.34. The zero-order chi connectivity index (χ0) is 17.7. The molecule has 0 spiro atoms. The zero-order valence-corrected chi connectivity index (χ0v) is 14.6. The van der Waals surface area contributed by atoms with E-state index < -0.39 is 17.4 Å². The van der Waals surface area contributed by atoms with Gasteiger partial charge in [-0.1, -0.05) is 12.2 Å². The molecule has 0 bridgehead atoms. The number of unbranched alkanes of at least 4 members (excludes halogenated alkanes) is 1. The maximum atomic E-state index is 12.0. The van der Waals surface area contributed by atoms with Crippen molar-refractivity contribution in [1.29, 1.82) is 0 Å². The molecular formula is C17H28O6. The van der Waals surface area contributed by atoms with Gasteiger partial charge in [0, 0.05) is 6.42 Å². The monoisotopic (exact) mass is 328 g/mol. The van der Waals surface area contributed by atoms with Gasteiger partial charge in [0.1, 0.15) is 0 Å². The summed E-state index contributed by atoms with van der Waals surface area (Å²) in [6.45, 7) is 7.46. The molecule has 0 fully saturated rings. The molecule has 0 heterocycles. The standard InChI is InChI=1S/C17H28O6/c1-5-21-14(18)12-10-8-9-11-13-17(4,15(19)22-6-2)16(20)23-7-3/h9,11H,5-8,10,12-13H2,1-4H3/b11-9+. The number of rotatable bonds is 11. The van der Waals surface area contributed by atoms with E-state index in [1.54, 1.807) is 26.8 Å². The van der Waals surface area contributed by atoms with Crippen molar-refractivity contribution in [2.75, 3.05) is 19.8 Å². The van der Waals surface area contributed by atoms with Crippen LogP contribution in [0.25, 0.3) is 0 Å². The molecule has 23 heavy (non-hydrogen) atoms. The molecule has 0 aliphatic heterocycles. The van der Waals surface area contributed by atoms with Gasteiger partial charge in [-0.15, -0.1) is 0 Å². The number of carbonyl (C=O) groups excluding carboxylic acids is 3. The van der Waals surface area contributed by atoms with Gasteiger partial charge < -0.3 is 14.2 Å². The lowest BCUT2D eigenvalue weighted by Gasteiger charge is -2.23. The van der Waals surface area contributed by atoms with E-state index in [1.165, 1.54) is 6.92 Å². The first-order valence-electron chi connectivity index (χ1n) is 8.07. The Hall–Kier alpha value is -1.85. The van der Waals surface area contributed by atoms with Crippen LogP contribution in [0.5, 0.6) is 0 Å². The van der Waals surface area contributed by atoms with Crippen LogP contribution in [-0.2, 0) is 28.6 Å². The van der Waals surface area contributed by atoms with E-state index in [-0.39, 0.29) is 25.6 Å². The van der Waals surface area contributed by atoms with Crippen LogP contribution < -0.4 is 0 Å². The van der Waals surface area contributed by atoms with Crippen LogP contribution in [0, 0.1) is 5.41 Å². The lowest BCUT2D eigenvalue weighted by molar-refractivity contribution is -0.170. The van der Waals surface area contributed by atoms with Crippen LogP contribution in [0.15, 0.2) is 12.2 Å². The third kappa shape index (κ3) is 7.81. The molecule has 0 radical (unpaired) electrons. The van der Waals surface area contributed by atoms with Crippen LogP contribution in [-0.4, -0.2) is 37.7 Å². The van der Waals surface area contributed by atoms with Gasteiger partial charge in [-0.2, -0.15) is 0 Å². The SMILES string of the molecule is CCOC(=O)CCC/C=C/CC(C)(C(=O)OCC)C(=O)OCC. The summed E-state index contributed by atoms with van der Waals surface area (Å²) in [7, 11) is 0. The van der Waals surface area contributed by atoms with Crippen molar-refractivity contribution in [1.82, 2.24) is 0 Å². The van der Waals surface area contributed by atoms with Crippen molar-refractivity contribution >= 4 is 17.9 Å². The molecule has 0 aromatic carbocycles. The minimum atomic E-state index is -1.34. The van der Waals surface area contributed by atoms with Crippen LogP contribution in [0.3, 0.4) is 0 Å². The second kappa shape index (κ2) is 11.7. The van der Waals surface area contributed by atoms with Gasteiger partial charge >= 0.3 is 17.9 Å². The number of ether oxygens (including phenoxy) is 3. The van der Waals surface area contributed by atoms with E-state index >= 15 is 0 Å². The molecule has 6 nitrogen and oxygen atoms in total. The quantitative estimate of drug-likeness (QED) is 0.191. The van der Waals surface area contributed by atoms with E-state index in [9.17, 15) is 14.4 Å². The van der Waals surface area contributed by atoms with E-state index in [4.69, 9.17) is 14.2 Å². The number of hydrogen-bond donors (Lipinski definition) is 0. The Bertz CT molecular complexity index is 395. The normalized spacial score (nSPS) is 11.3. The summed E-state index contributed by atoms with van der Waals surface area (Å²) < 4.78 is 14.8. The molecule has 0 saturated carbocycles. The summed E-state index contributed by atoms with van der Waals surface area (Å²) in [6.07, 6.45) is 5.47. The number of carbonyl (C=O) groups is 3. The number of allylic oxidation sites excluding steroid dienone is 2. The van der Waals surface area contributed by atoms with Crippen LogP contribution in [0.2, 0.25) is 0 Å². The predicted octanol–water partition coefficient (Wildman–Crippen LogP) is 2.80. The fraction of sp³-hybridized carbons (Fsp3) is 0.706. The molecule has 0 aliphatic rings. The smallest absolute Gasteiger partial charge is 0.323 e. The Balaban J connectivity index is 4.49. The second-order valence-electron chi connectivity index (χ2n) is 5.15. The van der Waals surface area contributed by atoms with Crippen molar-refractivity contribution in [3.63, 3.8) is 0 Å². The Labute approximate surface area is 138 Å². The van der Waals surface area contributed by atoms with Gasteiger partial charge in [0.05, 0.1) is 19.8 Å². The second-order valence-corrected chi connectivity index (χ2v) is 5.15. The summed E-state index contributed by atoms with van der Waals surface area (Å²) in [6, 6.07) is 0. The Morgan fingerprint density at radius 1 is 0.870 bits per heavy atom. The van der Waals surface area contributed by atoms with Crippen LogP contribution in [0.1, 0.15) is 53.4 Å². The minimum absolute atomic E-state index is 0.198. The molecular weight excluding hydrogens is 300 g/mol. The highest BCUT2D eigenvalue weighted by Gasteiger charge is 2.43. The highest BCUT2D eigenvalue weighted by molar-refractivity contribution is 5.99. The van der Waals surface area contributed by atoms with Gasteiger partial charge in [-0.25, -0.2) is 0 Å². The van der Waals surface area contributed by atoms with Gasteiger partial charge in [0.15, 0.2) is 5.41 Å². The van der Waals surface area contributed by atoms with Crippen molar-refractivity contribution in [3.05, 3.63) is 12.2 Å². The topological polar surface area (TPSA) is 78.9 Å². The van der Waals surface area contributed by atoms with Gasteiger partial charge in [0.2, 0.25) is 0 Å². The van der Waals surface area contributed by atoms with Crippen LogP contribution >= 0.6 is 0 Å². The summed E-state index contributed by atoms with van der Waals surface area (Å²) in [4.78, 5) is 35.3. The zero-order valence-electron chi connectivity index (χ0n) is 14.6. The predicted molar refractivity (Wildman–Crippen MR) is 85.6 cm³/mol. The first kappa shape index (κ1) is 21.1. The highest BCUT2D eigenvalue weighted by Crippen LogP contribution is 2.26. The summed E-state index contributed by atoms with van der Waals surface area (Å²) >= 11 is 0. The van der Waals surface area contributed by atoms with Gasteiger partial charge in [0.25, 0.3) is 0 Å². The third-order valence-corrected chi connectivity index (χ3v) is 3.20. The number of esters is 3. The summed E-state index contributed by atoms with van der Waals surface area (Å²) in [5.74, 6) is -1.40. The fourth-order valence-corrected chi connectivity index (χ4v) is 1.87. The Morgan fingerprint density at radius 3 is 1.87 bits per heavy atom. The molecule has 0 amide bonds. The Morgan fingerprint density at radius 2 is 1.39 bits per heavy atom. The molecule has 6 heteroatoms. The maximum Gasteiger partial charge on any atom is 0.323 e. The molecule has 0 saturated heterocycles. The van der Waals surface area contributed by atoms with E-state index in [0.29, 0.717) is 25.9 Å². The average Bonchev–Trinajstić information content (AvgIpc) is 2.51. The van der Waals surface area contributed by atoms with E-state index in [0.717, 1.165) is 0 Å². The summed E-state index contributed by atoms with van der Waals surface area (Å²) in [5, 5.41) is 0. The largest absolute Gasteiger partial charge is 0.466 e. The average molecular weight is 328 g/mol. The first-order chi connectivity index (χ1) is 10.9. The first-order valence-corrected chi connectivity index (χ1v) is 8.07. The van der Waals surface area contributed by atoms with Crippen molar-refractivity contribution < 1.29 is 28.6 Å². The van der Waals surface area contributed by atoms with Crippen molar-refractivity contribution in [3.8, 4) is 0 Å². The molecule has 0 aliphatic carbocycles. The van der Waals surface area contributed by atoms with E-state index in [2.05, 4.69) is 0 Å². The highest BCUT2D eigenvalue weighted by atomic mass is 16.6. The lowest BCUT2D eigenvalue weighted by Crippen LogP contribution is -2.39.